The fourth-order valence-electron chi connectivity index (χ4n) is 9.63. The van der Waals surface area contributed by atoms with Crippen molar-refractivity contribution in [3.05, 3.63) is 255 Å². The molecular weight excluding hydrogens is 773 g/mol. The molecule has 0 aliphatic carbocycles. The Labute approximate surface area is 373 Å². The maximum Gasteiger partial charge on any atom is 0.0547 e. The van der Waals surface area contributed by atoms with Gasteiger partial charge in [-0.25, -0.2) is 0 Å². The number of para-hydroxylation sites is 2. The van der Waals surface area contributed by atoms with Crippen LogP contribution < -0.4 is 4.90 Å². The predicted octanol–water partition coefficient (Wildman–Crippen LogP) is 17.2. The number of anilines is 3. The van der Waals surface area contributed by atoms with Crippen molar-refractivity contribution in [3.8, 4) is 50.2 Å². The van der Waals surface area contributed by atoms with Crippen LogP contribution in [0.4, 0.5) is 17.1 Å². The first-order chi connectivity index (χ1) is 31.7. The molecule has 0 spiro atoms. The summed E-state index contributed by atoms with van der Waals surface area (Å²) in [5.74, 6) is 0. The number of benzene rings is 11. The topological polar surface area (TPSA) is 8.17 Å². The van der Waals surface area contributed by atoms with Crippen molar-refractivity contribution in [2.24, 2.45) is 0 Å². The molecule has 12 aromatic rings. The molecule has 0 saturated carbocycles. The van der Waals surface area contributed by atoms with Crippen LogP contribution in [0.25, 0.3) is 93.5 Å². The van der Waals surface area contributed by atoms with Crippen molar-refractivity contribution >= 4 is 60.4 Å². The number of nitrogens with zero attached hydrogens (tertiary/aromatic N) is 2. The standard InChI is InChI=1S/C62H42N2/c1-3-16-43(17-4-1)52-34-37-61(57(40-52)45-19-5-2-6-20-45)63(54-25-15-24-48(39-54)51-31-30-44-18-7-8-21-47(44)38-51)53-35-32-46(33-36-53)55-26-11-13-28-59(55)64-60-29-14-12-27-56(60)58-41-49-22-9-10-23-50(49)42-62(58)64/h1-42H. The van der Waals surface area contributed by atoms with Crippen molar-refractivity contribution in [1.82, 2.24) is 4.57 Å². The lowest BCUT2D eigenvalue weighted by Gasteiger charge is -2.29. The Morgan fingerprint density at radius 1 is 0.266 bits per heavy atom. The predicted molar refractivity (Wildman–Crippen MR) is 272 cm³/mol. The second-order valence-electron chi connectivity index (χ2n) is 16.5. The third-order valence-corrected chi connectivity index (χ3v) is 12.7. The molecule has 2 heteroatoms. The van der Waals surface area contributed by atoms with Gasteiger partial charge in [0, 0.05) is 33.3 Å². The fourth-order valence-corrected chi connectivity index (χ4v) is 9.63. The van der Waals surface area contributed by atoms with Gasteiger partial charge in [-0.3, -0.25) is 0 Å². The Kier molecular flexibility index (Phi) is 9.20. The van der Waals surface area contributed by atoms with Gasteiger partial charge in [-0.1, -0.05) is 188 Å². The maximum absolute atomic E-state index is 2.45. The van der Waals surface area contributed by atoms with Crippen molar-refractivity contribution in [3.63, 3.8) is 0 Å². The summed E-state index contributed by atoms with van der Waals surface area (Å²) in [7, 11) is 0. The van der Waals surface area contributed by atoms with Gasteiger partial charge in [-0.2, -0.15) is 0 Å². The van der Waals surface area contributed by atoms with Gasteiger partial charge in [-0.05, 0) is 122 Å². The lowest BCUT2D eigenvalue weighted by Crippen LogP contribution is -2.11. The minimum absolute atomic E-state index is 1.07. The van der Waals surface area contributed by atoms with Crippen molar-refractivity contribution in [2.75, 3.05) is 4.90 Å². The molecule has 0 fully saturated rings. The van der Waals surface area contributed by atoms with Crippen LogP contribution in [-0.4, -0.2) is 4.57 Å². The Morgan fingerprint density at radius 2 is 0.828 bits per heavy atom. The van der Waals surface area contributed by atoms with Gasteiger partial charge in [-0.15, -0.1) is 0 Å². The van der Waals surface area contributed by atoms with Gasteiger partial charge in [0.25, 0.3) is 0 Å². The van der Waals surface area contributed by atoms with Crippen LogP contribution in [0.2, 0.25) is 0 Å². The van der Waals surface area contributed by atoms with E-state index in [0.717, 1.165) is 39.4 Å². The Bertz CT molecular complexity index is 3660. The van der Waals surface area contributed by atoms with E-state index in [9.17, 15) is 0 Å². The van der Waals surface area contributed by atoms with Gasteiger partial charge in [0.2, 0.25) is 0 Å². The zero-order chi connectivity index (χ0) is 42.4. The minimum Gasteiger partial charge on any atom is -0.310 e. The molecule has 0 atom stereocenters. The van der Waals surface area contributed by atoms with Gasteiger partial charge in [0.15, 0.2) is 0 Å². The smallest absolute Gasteiger partial charge is 0.0547 e. The molecule has 0 saturated heterocycles. The molecule has 12 rings (SSSR count). The lowest BCUT2D eigenvalue weighted by atomic mass is 9.95. The van der Waals surface area contributed by atoms with E-state index in [4.69, 9.17) is 0 Å². The van der Waals surface area contributed by atoms with E-state index in [1.54, 1.807) is 0 Å². The van der Waals surface area contributed by atoms with Crippen LogP contribution >= 0.6 is 0 Å². The molecule has 300 valence electrons. The molecule has 0 unspecified atom stereocenters. The molecule has 1 aromatic heterocycles. The summed E-state index contributed by atoms with van der Waals surface area (Å²) in [6.07, 6.45) is 0. The zero-order valence-electron chi connectivity index (χ0n) is 35.1. The molecule has 64 heavy (non-hydrogen) atoms. The highest BCUT2D eigenvalue weighted by Gasteiger charge is 2.21. The van der Waals surface area contributed by atoms with E-state index in [-0.39, 0.29) is 0 Å². The van der Waals surface area contributed by atoms with Crippen molar-refractivity contribution in [2.45, 2.75) is 0 Å². The number of hydrogen-bond donors (Lipinski definition) is 0. The highest BCUT2D eigenvalue weighted by Crippen LogP contribution is 2.45. The molecule has 0 aliphatic rings. The van der Waals surface area contributed by atoms with Gasteiger partial charge in [0.1, 0.15) is 0 Å². The van der Waals surface area contributed by atoms with Crippen LogP contribution in [0, 0.1) is 0 Å². The van der Waals surface area contributed by atoms with Crippen molar-refractivity contribution < 1.29 is 0 Å². The summed E-state index contributed by atoms with van der Waals surface area (Å²) in [5, 5.41) is 7.46. The third-order valence-electron chi connectivity index (χ3n) is 12.7. The SMILES string of the molecule is c1ccc(-c2ccc(N(c3ccc(-c4ccccc4-n4c5ccccc5c5cc6ccccc6cc54)cc3)c3cccc(-c4ccc5ccccc5c4)c3)c(-c3ccccc3)c2)cc1. The summed E-state index contributed by atoms with van der Waals surface area (Å²) < 4.78 is 2.45. The zero-order valence-corrected chi connectivity index (χ0v) is 35.1. The summed E-state index contributed by atoms with van der Waals surface area (Å²) in [5.41, 5.74) is 16.2. The molecule has 11 aromatic carbocycles. The first-order valence-electron chi connectivity index (χ1n) is 22.0. The van der Waals surface area contributed by atoms with Crippen LogP contribution in [0.5, 0.6) is 0 Å². The fraction of sp³-hybridized carbons (Fsp3) is 0. The first kappa shape index (κ1) is 37.3. The monoisotopic (exact) mass is 814 g/mol. The lowest BCUT2D eigenvalue weighted by molar-refractivity contribution is 1.18. The van der Waals surface area contributed by atoms with Crippen LogP contribution in [-0.2, 0) is 0 Å². The molecule has 0 radical (unpaired) electrons. The van der Waals surface area contributed by atoms with Crippen molar-refractivity contribution in [1.29, 1.82) is 0 Å². The molecular formula is C62H42N2. The van der Waals surface area contributed by atoms with E-state index in [2.05, 4.69) is 264 Å². The highest BCUT2D eigenvalue weighted by atomic mass is 15.1. The van der Waals surface area contributed by atoms with Gasteiger partial charge >= 0.3 is 0 Å². The number of hydrogen-bond acceptors (Lipinski definition) is 1. The van der Waals surface area contributed by atoms with E-state index in [1.807, 2.05) is 0 Å². The average Bonchev–Trinajstić information content (AvgIpc) is 3.69. The summed E-state index contributed by atoms with van der Waals surface area (Å²) in [6.45, 7) is 0. The molecule has 0 bridgehead atoms. The Morgan fingerprint density at radius 3 is 1.62 bits per heavy atom. The van der Waals surface area contributed by atoms with Crippen LogP contribution in [0.15, 0.2) is 255 Å². The van der Waals surface area contributed by atoms with E-state index in [0.29, 0.717) is 0 Å². The summed E-state index contributed by atoms with van der Waals surface area (Å²) >= 11 is 0. The third kappa shape index (κ3) is 6.61. The minimum atomic E-state index is 1.07. The Balaban J connectivity index is 1.03. The van der Waals surface area contributed by atoms with E-state index in [1.165, 1.54) is 71.2 Å². The molecule has 0 N–H and O–H groups in total. The molecule has 0 aliphatic heterocycles. The first-order valence-corrected chi connectivity index (χ1v) is 22.0. The van der Waals surface area contributed by atoms with Gasteiger partial charge < -0.3 is 9.47 Å². The Hall–Kier alpha value is -8.46. The highest BCUT2D eigenvalue weighted by molar-refractivity contribution is 6.14. The second-order valence-corrected chi connectivity index (χ2v) is 16.5. The second kappa shape index (κ2) is 15.8. The normalized spacial score (nSPS) is 11.4. The van der Waals surface area contributed by atoms with Gasteiger partial charge in [0.05, 0.1) is 22.4 Å². The molecule has 2 nitrogen and oxygen atoms in total. The van der Waals surface area contributed by atoms with Crippen LogP contribution in [0.3, 0.4) is 0 Å². The van der Waals surface area contributed by atoms with E-state index < -0.39 is 0 Å². The molecule has 1 heterocycles. The summed E-state index contributed by atoms with van der Waals surface area (Å²) in [4.78, 5) is 2.43. The number of aromatic nitrogens is 1. The number of rotatable bonds is 8. The van der Waals surface area contributed by atoms with Crippen LogP contribution in [0.1, 0.15) is 0 Å². The summed E-state index contributed by atoms with van der Waals surface area (Å²) in [6, 6.07) is 92.8. The largest absolute Gasteiger partial charge is 0.310 e. The quantitative estimate of drug-likeness (QED) is 0.148. The average molecular weight is 815 g/mol. The number of fused-ring (bicyclic) bond motifs is 5. The molecule has 0 amide bonds. The van der Waals surface area contributed by atoms with E-state index >= 15 is 0 Å². The maximum atomic E-state index is 2.45.